The second-order valence-corrected chi connectivity index (χ2v) is 12.2. The highest BCUT2D eigenvalue weighted by atomic mass is 19.2. The molecule has 0 aromatic heterocycles. The van der Waals surface area contributed by atoms with Crippen LogP contribution in [0.25, 0.3) is 12.2 Å². The van der Waals surface area contributed by atoms with Crippen LogP contribution in [-0.4, -0.2) is 24.2 Å². The lowest BCUT2D eigenvalue weighted by atomic mass is 9.08. The highest BCUT2D eigenvalue weighted by Gasteiger charge is 2.64. The van der Waals surface area contributed by atoms with Crippen molar-refractivity contribution in [3.63, 3.8) is 0 Å². The van der Waals surface area contributed by atoms with Gasteiger partial charge >= 0.3 is 0 Å². The first-order chi connectivity index (χ1) is 23.5. The average molecular weight is 745 g/mol. The Bertz CT molecular complexity index is 1870. The Morgan fingerprint density at radius 1 is 0.588 bits per heavy atom. The first-order valence-electron chi connectivity index (χ1n) is 14.4. The minimum Gasteiger partial charge on any atom is -0.247 e. The zero-order valence-electron chi connectivity index (χ0n) is 26.1. The quantitative estimate of drug-likeness (QED) is 0.109. The van der Waals surface area contributed by atoms with Crippen molar-refractivity contribution < 1.29 is 70.2 Å². The summed E-state index contributed by atoms with van der Waals surface area (Å²) in [6, 6.07) is 0. The monoisotopic (exact) mass is 745 g/mol. The number of hydrogen-bond donors (Lipinski definition) is 0. The molecule has 2 aromatic carbocycles. The van der Waals surface area contributed by atoms with Crippen LogP contribution >= 0.6 is 0 Å². The van der Waals surface area contributed by atoms with Gasteiger partial charge in [0.1, 0.15) is 70.4 Å². The van der Waals surface area contributed by atoms with Gasteiger partial charge in [0.25, 0.3) is 0 Å². The van der Waals surface area contributed by atoms with Gasteiger partial charge in [-0.1, -0.05) is 43.3 Å². The number of hydrogen-bond acceptors (Lipinski definition) is 0. The van der Waals surface area contributed by atoms with Crippen LogP contribution in [0.4, 0.5) is 70.2 Å². The minimum absolute atomic E-state index is 0.0500. The van der Waals surface area contributed by atoms with E-state index in [1.165, 1.54) is 0 Å². The topological polar surface area (TPSA) is 0 Å². The Morgan fingerprint density at radius 3 is 1.31 bits per heavy atom. The number of benzene rings is 2. The lowest BCUT2D eigenvalue weighted by Gasteiger charge is -2.55. The van der Waals surface area contributed by atoms with E-state index in [0.29, 0.717) is 6.92 Å². The van der Waals surface area contributed by atoms with Crippen LogP contribution in [0.5, 0.6) is 0 Å². The van der Waals surface area contributed by atoms with Crippen LogP contribution in [0.1, 0.15) is 25.0 Å². The van der Waals surface area contributed by atoms with Crippen molar-refractivity contribution in [3.8, 4) is 0 Å². The fourth-order valence-electron chi connectivity index (χ4n) is 7.06. The zero-order valence-corrected chi connectivity index (χ0v) is 26.1. The summed E-state index contributed by atoms with van der Waals surface area (Å²) >= 11 is 0. The van der Waals surface area contributed by atoms with Gasteiger partial charge in [0, 0.05) is 0 Å². The number of allylic oxidation sites excluding steroid dienone is 8. The molecule has 0 amide bonds. The van der Waals surface area contributed by atoms with E-state index in [1.54, 1.807) is 0 Å². The molecule has 17 heteroatoms. The van der Waals surface area contributed by atoms with E-state index < -0.39 is 145 Å². The van der Waals surface area contributed by atoms with E-state index in [0.717, 1.165) is 0 Å². The largest absolute Gasteiger partial charge is 0.247 e. The van der Waals surface area contributed by atoms with Gasteiger partial charge in [0.05, 0.1) is 22.5 Å². The fraction of sp³-hybridized carbons (Fsp3) is 0.235. The molecule has 0 nitrogen and oxygen atoms in total. The molecule has 0 saturated carbocycles. The fourth-order valence-corrected chi connectivity index (χ4v) is 7.06. The molecular weight excluding hydrogens is 723 g/mol. The zero-order chi connectivity index (χ0) is 39.0. The van der Waals surface area contributed by atoms with Gasteiger partial charge in [0.2, 0.25) is 0 Å². The predicted molar refractivity (Wildman–Crippen MR) is 159 cm³/mol. The predicted octanol–water partition coefficient (Wildman–Crippen LogP) is 10.5. The summed E-state index contributed by atoms with van der Waals surface area (Å²) in [5.74, 6) is -44.7. The third-order valence-corrected chi connectivity index (χ3v) is 9.80. The molecule has 0 N–H and O–H groups in total. The minimum atomic E-state index is -6.58. The van der Waals surface area contributed by atoms with Gasteiger partial charge in [-0.2, -0.15) is 0 Å². The summed E-state index contributed by atoms with van der Waals surface area (Å²) in [4.78, 5) is 0. The molecule has 0 saturated heterocycles. The van der Waals surface area contributed by atoms with Crippen LogP contribution in [0.3, 0.4) is 0 Å². The van der Waals surface area contributed by atoms with Crippen molar-refractivity contribution in [1.29, 1.82) is 0 Å². The van der Waals surface area contributed by atoms with E-state index in [1.807, 2.05) is 0 Å². The van der Waals surface area contributed by atoms with Crippen molar-refractivity contribution in [2.24, 2.45) is 11.3 Å². The van der Waals surface area contributed by atoms with E-state index >= 15 is 70.2 Å². The van der Waals surface area contributed by atoms with E-state index in [4.69, 9.17) is 0 Å². The van der Waals surface area contributed by atoms with Crippen LogP contribution in [0, 0.1) is 57.9 Å². The Hall–Kier alpha value is -4.44. The normalized spacial score (nSPS) is 27.3. The van der Waals surface area contributed by atoms with Crippen molar-refractivity contribution in [2.45, 2.75) is 37.7 Å². The lowest BCUT2D eigenvalue weighted by molar-refractivity contribution is 0.0151. The Kier molecular flexibility index (Phi) is 10.00. The Labute approximate surface area is 279 Å². The van der Waals surface area contributed by atoms with Crippen LogP contribution in [0.2, 0.25) is 5.82 Å². The molecule has 2 aliphatic carbocycles. The maximum absolute atomic E-state index is 16.8. The molecule has 0 aliphatic heterocycles. The van der Waals surface area contributed by atoms with Crippen molar-refractivity contribution >= 4 is 29.2 Å². The molecule has 2 aliphatic rings. The lowest BCUT2D eigenvalue weighted by Crippen LogP contribution is -2.72. The highest BCUT2D eigenvalue weighted by Crippen LogP contribution is 2.59. The maximum atomic E-state index is 16.8. The molecule has 51 heavy (non-hydrogen) atoms. The summed E-state index contributed by atoms with van der Waals surface area (Å²) < 4.78 is 257. The number of rotatable bonds is 8. The first kappa shape index (κ1) is 39.4. The van der Waals surface area contributed by atoms with Crippen LogP contribution in [0.15, 0.2) is 73.1 Å². The molecule has 4 rings (SSSR count). The molecule has 0 spiro atoms. The van der Waals surface area contributed by atoms with Gasteiger partial charge in [-0.25, -0.2) is 70.2 Å². The summed E-state index contributed by atoms with van der Waals surface area (Å²) in [5, 5.41) is 0. The molecule has 0 bridgehead atoms. The third kappa shape index (κ3) is 4.92. The van der Waals surface area contributed by atoms with E-state index in [-0.39, 0.29) is 31.2 Å². The standard InChI is InChI=1S/C34H22BF16/c1-7-11-18(36)23(41)14(24(42)19(11)37)35(15-25(43)20(38)12(8-2)21(39)26(15)44,16-28(46)31(49)33(5,10-4)32(50)29(16)47)17-27(45)22(40)13(9-3)34(6,51)30(17)48/h7-10,13,17,30-31H,1-4H2,5-6H3/q-1. The molecule has 6 atom stereocenters. The summed E-state index contributed by atoms with van der Waals surface area (Å²) in [6.45, 7) is 12.1. The molecule has 6 unspecified atom stereocenters. The van der Waals surface area contributed by atoms with Gasteiger partial charge in [-0.15, -0.1) is 29.6 Å². The summed E-state index contributed by atoms with van der Waals surface area (Å²) in [6.07, 6.45) is -14.1. The number of halogens is 16. The van der Waals surface area contributed by atoms with Crippen molar-refractivity contribution in [3.05, 3.63) is 131 Å². The molecule has 274 valence electrons. The van der Waals surface area contributed by atoms with Crippen molar-refractivity contribution in [2.75, 3.05) is 0 Å². The van der Waals surface area contributed by atoms with E-state index in [9.17, 15) is 0 Å². The summed E-state index contributed by atoms with van der Waals surface area (Å²) in [5.41, 5.74) is -19.9. The molecule has 0 heterocycles. The maximum Gasteiger partial charge on any atom is 0.165 e. The van der Waals surface area contributed by atoms with E-state index in [2.05, 4.69) is 26.3 Å². The second-order valence-electron chi connectivity index (χ2n) is 12.2. The van der Waals surface area contributed by atoms with Gasteiger partial charge in [0.15, 0.2) is 29.4 Å². The number of alkyl halides is 3. The molecule has 0 fully saturated rings. The summed E-state index contributed by atoms with van der Waals surface area (Å²) in [7, 11) is 0. The van der Waals surface area contributed by atoms with Gasteiger partial charge in [-0.3, -0.25) is 0 Å². The smallest absolute Gasteiger partial charge is 0.165 e. The molecule has 0 radical (unpaired) electrons. The highest BCUT2D eigenvalue weighted by molar-refractivity contribution is 7.09. The third-order valence-electron chi connectivity index (χ3n) is 9.80. The van der Waals surface area contributed by atoms with Gasteiger partial charge in [-0.05, 0) is 13.8 Å². The second kappa shape index (κ2) is 13.0. The molecular formula is C34H22BF16-. The van der Waals surface area contributed by atoms with Crippen LogP contribution in [-0.2, 0) is 0 Å². The van der Waals surface area contributed by atoms with Crippen molar-refractivity contribution in [1.82, 2.24) is 0 Å². The Balaban J connectivity index is 2.62. The average Bonchev–Trinajstić information content (AvgIpc) is 3.08. The Morgan fingerprint density at radius 2 is 0.980 bits per heavy atom. The SMILES string of the molecule is C=Cc1c(F)c(F)c([B-](C2=C(F)C(F)C(C)(C=C)C(F)=C2F)(c2c(F)c(F)c(C=C)c(F)c2F)C2C(F)=C(F)C(C=C)C(C)(F)C2F)c(F)c1F. The molecule has 2 aromatic rings. The van der Waals surface area contributed by atoms with Gasteiger partial charge < -0.3 is 0 Å². The first-order valence-corrected chi connectivity index (χ1v) is 14.4. The van der Waals surface area contributed by atoms with Crippen LogP contribution < -0.4 is 10.9 Å².